The van der Waals surface area contributed by atoms with E-state index < -0.39 is 0 Å². The number of aliphatic hydroxyl groups excluding tert-OH is 1. The molecular weight excluding hydrogens is 272 g/mol. The van der Waals surface area contributed by atoms with Crippen molar-refractivity contribution in [3.05, 3.63) is 30.3 Å². The molecule has 3 N–H and O–H groups in total. The summed E-state index contributed by atoms with van der Waals surface area (Å²) in [7, 11) is 0. The SMILES string of the molecule is CC(O)CCNC(=O)NCC1(Sc2ccccc2)CC1. The third-order valence-corrected chi connectivity index (χ3v) is 4.80. The molecule has 0 aromatic heterocycles. The van der Waals surface area contributed by atoms with Crippen LogP contribution in [0.3, 0.4) is 0 Å². The lowest BCUT2D eigenvalue weighted by Gasteiger charge is -2.16. The Labute approximate surface area is 124 Å². The first kappa shape index (κ1) is 15.2. The maximum atomic E-state index is 11.6. The average molecular weight is 294 g/mol. The molecule has 1 atom stereocenters. The van der Waals surface area contributed by atoms with Crippen molar-refractivity contribution in [2.24, 2.45) is 0 Å². The first-order chi connectivity index (χ1) is 9.60. The van der Waals surface area contributed by atoms with E-state index in [1.54, 1.807) is 6.92 Å². The fourth-order valence-electron chi connectivity index (χ4n) is 1.89. The normalized spacial score (nSPS) is 17.3. The molecule has 2 rings (SSSR count). The summed E-state index contributed by atoms with van der Waals surface area (Å²) in [6.45, 7) is 2.91. The fraction of sp³-hybridized carbons (Fsp3) is 0.533. The third-order valence-electron chi connectivity index (χ3n) is 3.30. The Morgan fingerprint density at radius 1 is 1.35 bits per heavy atom. The van der Waals surface area contributed by atoms with Gasteiger partial charge in [0.1, 0.15) is 0 Å². The number of carbonyl (C=O) groups excluding carboxylic acids is 1. The summed E-state index contributed by atoms with van der Waals surface area (Å²) in [5.41, 5.74) is 0. The predicted molar refractivity (Wildman–Crippen MR) is 82.0 cm³/mol. The summed E-state index contributed by atoms with van der Waals surface area (Å²) in [6, 6.07) is 10.1. The fourth-order valence-corrected chi connectivity index (χ4v) is 3.14. The van der Waals surface area contributed by atoms with Gasteiger partial charge in [0.15, 0.2) is 0 Å². The summed E-state index contributed by atoms with van der Waals surface area (Å²) in [5, 5.41) is 14.8. The zero-order valence-corrected chi connectivity index (χ0v) is 12.6. The monoisotopic (exact) mass is 294 g/mol. The quantitative estimate of drug-likeness (QED) is 0.723. The number of benzene rings is 1. The molecule has 0 heterocycles. The molecule has 4 nitrogen and oxygen atoms in total. The van der Waals surface area contributed by atoms with Crippen molar-refractivity contribution >= 4 is 17.8 Å². The maximum Gasteiger partial charge on any atom is 0.314 e. The van der Waals surface area contributed by atoms with Crippen LogP contribution in [0, 0.1) is 0 Å². The molecule has 20 heavy (non-hydrogen) atoms. The van der Waals surface area contributed by atoms with Gasteiger partial charge in [-0.3, -0.25) is 0 Å². The van der Waals surface area contributed by atoms with Gasteiger partial charge in [-0.15, -0.1) is 11.8 Å². The lowest BCUT2D eigenvalue weighted by molar-refractivity contribution is 0.183. The number of hydrogen-bond donors (Lipinski definition) is 3. The van der Waals surface area contributed by atoms with E-state index in [9.17, 15) is 4.79 Å². The molecule has 2 amide bonds. The second-order valence-corrected chi connectivity index (χ2v) is 6.89. The molecule has 110 valence electrons. The topological polar surface area (TPSA) is 61.4 Å². The molecule has 0 aliphatic heterocycles. The smallest absolute Gasteiger partial charge is 0.314 e. The van der Waals surface area contributed by atoms with E-state index in [-0.39, 0.29) is 16.9 Å². The molecule has 0 radical (unpaired) electrons. The second-order valence-electron chi connectivity index (χ2n) is 5.35. The van der Waals surface area contributed by atoms with Gasteiger partial charge in [-0.05, 0) is 38.3 Å². The first-order valence-corrected chi connectivity index (χ1v) is 7.85. The second kappa shape index (κ2) is 6.99. The minimum absolute atomic E-state index is 0.148. The van der Waals surface area contributed by atoms with Crippen LogP contribution in [-0.4, -0.2) is 35.1 Å². The van der Waals surface area contributed by atoms with Crippen LogP contribution >= 0.6 is 11.8 Å². The van der Waals surface area contributed by atoms with E-state index in [0.29, 0.717) is 19.5 Å². The van der Waals surface area contributed by atoms with E-state index in [2.05, 4.69) is 22.8 Å². The summed E-state index contributed by atoms with van der Waals surface area (Å²) in [5.74, 6) is 0. The molecule has 1 fully saturated rings. The summed E-state index contributed by atoms with van der Waals surface area (Å²) in [4.78, 5) is 12.9. The number of thioether (sulfide) groups is 1. The Balaban J connectivity index is 1.69. The molecule has 0 saturated heterocycles. The minimum atomic E-state index is -0.376. The zero-order chi connectivity index (χ0) is 14.4. The van der Waals surface area contributed by atoms with Gasteiger partial charge in [0, 0.05) is 22.7 Å². The zero-order valence-electron chi connectivity index (χ0n) is 11.8. The lowest BCUT2D eigenvalue weighted by atomic mass is 10.3. The predicted octanol–water partition coefficient (Wildman–Crippen LogP) is 2.38. The number of carbonyl (C=O) groups is 1. The molecule has 1 aromatic rings. The number of rotatable bonds is 7. The van der Waals surface area contributed by atoms with Crippen LogP contribution in [0.4, 0.5) is 4.79 Å². The van der Waals surface area contributed by atoms with Crippen LogP contribution in [0.15, 0.2) is 35.2 Å². The standard InChI is InChI=1S/C15H22N2O2S/c1-12(18)7-10-16-14(19)17-11-15(8-9-15)20-13-5-3-2-4-6-13/h2-6,12,18H,7-11H2,1H3,(H2,16,17,19). The molecule has 1 saturated carbocycles. The molecule has 1 aliphatic rings. The van der Waals surface area contributed by atoms with Crippen molar-refractivity contribution in [3.63, 3.8) is 0 Å². The van der Waals surface area contributed by atoms with E-state index >= 15 is 0 Å². The number of aliphatic hydroxyl groups is 1. The number of urea groups is 1. The highest BCUT2D eigenvalue weighted by molar-refractivity contribution is 8.01. The largest absolute Gasteiger partial charge is 0.393 e. The van der Waals surface area contributed by atoms with Crippen molar-refractivity contribution in [3.8, 4) is 0 Å². The van der Waals surface area contributed by atoms with Crippen molar-refractivity contribution < 1.29 is 9.90 Å². The third kappa shape index (κ3) is 5.06. The molecular formula is C15H22N2O2S. The molecule has 1 aliphatic carbocycles. The highest BCUT2D eigenvalue weighted by atomic mass is 32.2. The Hall–Kier alpha value is -1.20. The number of nitrogens with one attached hydrogen (secondary N) is 2. The van der Waals surface area contributed by atoms with Gasteiger partial charge in [-0.2, -0.15) is 0 Å². The minimum Gasteiger partial charge on any atom is -0.393 e. The summed E-state index contributed by atoms with van der Waals surface area (Å²) < 4.78 is 0.170. The van der Waals surface area contributed by atoms with Crippen LogP contribution in [-0.2, 0) is 0 Å². The van der Waals surface area contributed by atoms with Crippen molar-refractivity contribution in [2.75, 3.05) is 13.1 Å². The van der Waals surface area contributed by atoms with E-state index in [4.69, 9.17) is 5.11 Å². The van der Waals surface area contributed by atoms with Gasteiger partial charge in [0.05, 0.1) is 6.10 Å². The van der Waals surface area contributed by atoms with Gasteiger partial charge in [0.2, 0.25) is 0 Å². The average Bonchev–Trinajstić information content (AvgIpc) is 3.17. The van der Waals surface area contributed by atoms with Crippen LogP contribution in [0.25, 0.3) is 0 Å². The summed E-state index contributed by atoms with van der Waals surface area (Å²) >= 11 is 1.85. The summed E-state index contributed by atoms with van der Waals surface area (Å²) in [6.07, 6.45) is 2.48. The number of hydrogen-bond acceptors (Lipinski definition) is 3. The lowest BCUT2D eigenvalue weighted by Crippen LogP contribution is -2.40. The molecule has 5 heteroatoms. The van der Waals surface area contributed by atoms with Crippen LogP contribution in [0.2, 0.25) is 0 Å². The van der Waals surface area contributed by atoms with Gasteiger partial charge in [-0.1, -0.05) is 18.2 Å². The van der Waals surface area contributed by atoms with Crippen LogP contribution in [0.5, 0.6) is 0 Å². The van der Waals surface area contributed by atoms with E-state index in [1.165, 1.54) is 4.90 Å². The molecule has 1 unspecified atom stereocenters. The Bertz CT molecular complexity index is 433. The highest BCUT2D eigenvalue weighted by Gasteiger charge is 2.43. The van der Waals surface area contributed by atoms with Gasteiger partial charge < -0.3 is 15.7 Å². The highest BCUT2D eigenvalue weighted by Crippen LogP contribution is 2.51. The van der Waals surface area contributed by atoms with E-state index in [0.717, 1.165) is 12.8 Å². The van der Waals surface area contributed by atoms with Gasteiger partial charge in [-0.25, -0.2) is 4.79 Å². The van der Waals surface area contributed by atoms with Crippen molar-refractivity contribution in [2.45, 2.75) is 41.9 Å². The first-order valence-electron chi connectivity index (χ1n) is 7.03. The Kier molecular flexibility index (Phi) is 5.31. The van der Waals surface area contributed by atoms with Gasteiger partial charge >= 0.3 is 6.03 Å². The van der Waals surface area contributed by atoms with Crippen molar-refractivity contribution in [1.82, 2.24) is 10.6 Å². The van der Waals surface area contributed by atoms with Gasteiger partial charge in [0.25, 0.3) is 0 Å². The maximum absolute atomic E-state index is 11.6. The Morgan fingerprint density at radius 3 is 2.65 bits per heavy atom. The molecule has 0 spiro atoms. The molecule has 0 bridgehead atoms. The van der Waals surface area contributed by atoms with E-state index in [1.807, 2.05) is 30.0 Å². The Morgan fingerprint density at radius 2 is 2.05 bits per heavy atom. The molecule has 1 aromatic carbocycles. The van der Waals surface area contributed by atoms with Crippen LogP contribution < -0.4 is 10.6 Å². The van der Waals surface area contributed by atoms with Crippen molar-refractivity contribution in [1.29, 1.82) is 0 Å². The van der Waals surface area contributed by atoms with Crippen LogP contribution in [0.1, 0.15) is 26.2 Å². The number of amides is 2.